The second kappa shape index (κ2) is 3.61. The fourth-order valence-electron chi connectivity index (χ4n) is 1.49. The van der Waals surface area contributed by atoms with E-state index in [9.17, 15) is 4.79 Å². The summed E-state index contributed by atoms with van der Waals surface area (Å²) < 4.78 is 0. The van der Waals surface area contributed by atoms with E-state index in [-0.39, 0.29) is 0 Å². The minimum absolute atomic E-state index is 0.369. The molecule has 2 rings (SSSR count). The lowest BCUT2D eigenvalue weighted by atomic mass is 10.1. The number of nitrogens with zero attached hydrogens (tertiary/aromatic N) is 2. The third kappa shape index (κ3) is 1.63. The summed E-state index contributed by atoms with van der Waals surface area (Å²) in [6.45, 7) is 2.57. The average molecular weight is 202 g/mol. The maximum Gasteiger partial charge on any atom is 0.297 e. The first-order valence-corrected chi connectivity index (χ1v) is 4.55. The van der Waals surface area contributed by atoms with Gasteiger partial charge in [0, 0.05) is 5.71 Å². The second-order valence-electron chi connectivity index (χ2n) is 3.32. The minimum atomic E-state index is -0.563. The molecular formula is C10H10N4O. The van der Waals surface area contributed by atoms with Crippen molar-refractivity contribution in [3.63, 3.8) is 0 Å². The van der Waals surface area contributed by atoms with Crippen molar-refractivity contribution in [2.75, 3.05) is 11.9 Å². The van der Waals surface area contributed by atoms with Gasteiger partial charge in [0.15, 0.2) is 0 Å². The Balaban J connectivity index is 2.59. The normalized spacial score (nSPS) is 13.5. The molecule has 1 heterocycles. The van der Waals surface area contributed by atoms with Gasteiger partial charge in [-0.1, -0.05) is 6.07 Å². The third-order valence-electron chi connectivity index (χ3n) is 2.21. The van der Waals surface area contributed by atoms with E-state index in [0.717, 1.165) is 11.4 Å². The van der Waals surface area contributed by atoms with Gasteiger partial charge in [-0.2, -0.15) is 0 Å². The highest BCUT2D eigenvalue weighted by atomic mass is 16.1. The first-order valence-electron chi connectivity index (χ1n) is 4.55. The number of amides is 1. The van der Waals surface area contributed by atoms with Crippen molar-refractivity contribution >= 4 is 23.0 Å². The predicted molar refractivity (Wildman–Crippen MR) is 57.2 cm³/mol. The molecule has 1 aliphatic heterocycles. The minimum Gasteiger partial charge on any atom is -0.378 e. The van der Waals surface area contributed by atoms with Crippen molar-refractivity contribution in [3.05, 3.63) is 23.8 Å². The van der Waals surface area contributed by atoms with Crippen LogP contribution in [0, 0.1) is 5.53 Å². The Kier molecular flexibility index (Phi) is 2.29. The summed E-state index contributed by atoms with van der Waals surface area (Å²) in [7, 11) is 0. The summed E-state index contributed by atoms with van der Waals surface area (Å²) in [5.74, 6) is -0.563. The molecule has 0 radical (unpaired) electrons. The summed E-state index contributed by atoms with van der Waals surface area (Å²) in [5.41, 5.74) is 9.40. The van der Waals surface area contributed by atoms with E-state index < -0.39 is 5.91 Å². The van der Waals surface area contributed by atoms with Crippen LogP contribution in [0.15, 0.2) is 28.3 Å². The maximum absolute atomic E-state index is 11.3. The van der Waals surface area contributed by atoms with Crippen LogP contribution in [0.3, 0.4) is 0 Å². The Morgan fingerprint density at radius 2 is 2.40 bits per heavy atom. The van der Waals surface area contributed by atoms with E-state index in [1.54, 1.807) is 12.1 Å². The van der Waals surface area contributed by atoms with E-state index in [0.29, 0.717) is 17.8 Å². The van der Waals surface area contributed by atoms with Crippen LogP contribution in [-0.4, -0.2) is 18.2 Å². The zero-order chi connectivity index (χ0) is 10.8. The lowest BCUT2D eigenvalue weighted by Gasteiger charge is -2.16. The average Bonchev–Trinajstić information content (AvgIpc) is 2.27. The molecule has 0 atom stereocenters. The molecule has 0 unspecified atom stereocenters. The number of fused-ring (bicyclic) bond motifs is 1. The Hall–Kier alpha value is -2.04. The van der Waals surface area contributed by atoms with Crippen LogP contribution in [0.25, 0.3) is 0 Å². The highest BCUT2D eigenvalue weighted by molar-refractivity contribution is 6.05. The molecule has 1 aromatic rings. The highest BCUT2D eigenvalue weighted by Crippen LogP contribution is 2.32. The number of rotatable bonds is 1. The van der Waals surface area contributed by atoms with E-state index in [1.807, 2.05) is 13.0 Å². The van der Waals surface area contributed by atoms with Gasteiger partial charge in [-0.3, -0.25) is 9.79 Å². The molecule has 5 nitrogen and oxygen atoms in total. The molecule has 15 heavy (non-hydrogen) atoms. The Bertz CT molecular complexity index is 464. The summed E-state index contributed by atoms with van der Waals surface area (Å²) >= 11 is 0. The highest BCUT2D eigenvalue weighted by Gasteiger charge is 2.16. The van der Waals surface area contributed by atoms with Crippen LogP contribution in [0.5, 0.6) is 0 Å². The quantitative estimate of drug-likeness (QED) is 0.686. The van der Waals surface area contributed by atoms with Gasteiger partial charge in [-0.25, -0.2) is 5.53 Å². The summed E-state index contributed by atoms with van der Waals surface area (Å²) in [4.78, 5) is 15.6. The molecule has 1 aromatic carbocycles. The van der Waals surface area contributed by atoms with E-state index >= 15 is 0 Å². The van der Waals surface area contributed by atoms with Crippen molar-refractivity contribution < 1.29 is 4.79 Å². The van der Waals surface area contributed by atoms with Gasteiger partial charge in [0.25, 0.3) is 5.91 Å². The van der Waals surface area contributed by atoms with Crippen LogP contribution >= 0.6 is 0 Å². The number of carbonyl (C=O) groups is 1. The summed E-state index contributed by atoms with van der Waals surface area (Å²) in [5, 5.41) is 6.05. The molecule has 0 bridgehead atoms. The first-order chi connectivity index (χ1) is 7.22. The summed E-state index contributed by atoms with van der Waals surface area (Å²) in [6, 6.07) is 5.23. The number of anilines is 1. The van der Waals surface area contributed by atoms with Crippen LogP contribution in [0.4, 0.5) is 11.4 Å². The first kappa shape index (κ1) is 9.51. The molecule has 76 valence electrons. The number of benzene rings is 1. The molecule has 0 saturated carbocycles. The largest absolute Gasteiger partial charge is 0.378 e. The topological polar surface area (TPSA) is 77.7 Å². The van der Waals surface area contributed by atoms with Crippen LogP contribution < -0.4 is 5.32 Å². The maximum atomic E-state index is 11.3. The number of hydrogen-bond donors (Lipinski definition) is 2. The molecule has 2 N–H and O–H groups in total. The van der Waals surface area contributed by atoms with Crippen LogP contribution in [-0.2, 0) is 0 Å². The number of nitrogens with one attached hydrogen (secondary N) is 2. The summed E-state index contributed by atoms with van der Waals surface area (Å²) in [6.07, 6.45) is 0. The molecule has 1 aliphatic rings. The molecule has 5 heteroatoms. The smallest absolute Gasteiger partial charge is 0.297 e. The van der Waals surface area contributed by atoms with Crippen molar-refractivity contribution in [2.45, 2.75) is 6.92 Å². The van der Waals surface area contributed by atoms with Gasteiger partial charge in [0.1, 0.15) is 0 Å². The Morgan fingerprint density at radius 1 is 1.60 bits per heavy atom. The number of hydrogen-bond acceptors (Lipinski definition) is 4. The number of para-hydroxylation sites is 1. The van der Waals surface area contributed by atoms with Gasteiger partial charge in [-0.15, -0.1) is 5.11 Å². The lowest BCUT2D eigenvalue weighted by molar-refractivity contribution is 0.0991. The fraction of sp³-hybridized carbons (Fsp3) is 0.200. The standard InChI is InChI=1S/C10H10N4O/c1-6-5-12-8-4-2-3-7(9(8)13-6)10(15)14-11/h2-4,11-12H,5H2,1H3. The van der Waals surface area contributed by atoms with Gasteiger partial charge < -0.3 is 5.32 Å². The molecule has 0 aromatic heterocycles. The lowest BCUT2D eigenvalue weighted by Crippen LogP contribution is -2.15. The van der Waals surface area contributed by atoms with Gasteiger partial charge in [0.05, 0.1) is 23.5 Å². The molecule has 0 aliphatic carbocycles. The van der Waals surface area contributed by atoms with Crippen molar-refractivity contribution in [3.8, 4) is 0 Å². The van der Waals surface area contributed by atoms with E-state index in [1.165, 1.54) is 0 Å². The number of carbonyl (C=O) groups excluding carboxylic acids is 1. The fourth-order valence-corrected chi connectivity index (χ4v) is 1.49. The molecule has 0 spiro atoms. The molecule has 0 fully saturated rings. The number of aliphatic imine (C=N–C) groups is 1. The Labute approximate surface area is 86.7 Å². The molecule has 1 amide bonds. The second-order valence-corrected chi connectivity index (χ2v) is 3.32. The van der Waals surface area contributed by atoms with Gasteiger partial charge >= 0.3 is 0 Å². The zero-order valence-corrected chi connectivity index (χ0v) is 8.24. The van der Waals surface area contributed by atoms with Gasteiger partial charge in [0.2, 0.25) is 0 Å². The van der Waals surface area contributed by atoms with E-state index in [4.69, 9.17) is 5.53 Å². The molecular weight excluding hydrogens is 192 g/mol. The van der Waals surface area contributed by atoms with Crippen LogP contribution in [0.1, 0.15) is 17.3 Å². The Morgan fingerprint density at radius 3 is 3.13 bits per heavy atom. The van der Waals surface area contributed by atoms with E-state index in [2.05, 4.69) is 15.4 Å². The SMILES string of the molecule is CC1=Nc2c(cccc2C(=O)N=N)NC1. The monoisotopic (exact) mass is 202 g/mol. The van der Waals surface area contributed by atoms with Crippen molar-refractivity contribution in [2.24, 2.45) is 10.1 Å². The third-order valence-corrected chi connectivity index (χ3v) is 2.21. The van der Waals surface area contributed by atoms with Crippen LogP contribution in [0.2, 0.25) is 0 Å². The van der Waals surface area contributed by atoms with Crippen molar-refractivity contribution in [1.82, 2.24) is 0 Å². The zero-order valence-electron chi connectivity index (χ0n) is 8.24. The van der Waals surface area contributed by atoms with Gasteiger partial charge in [-0.05, 0) is 19.1 Å². The predicted octanol–water partition coefficient (Wildman–Crippen LogP) is 2.38. The molecule has 0 saturated heterocycles. The van der Waals surface area contributed by atoms with Crippen molar-refractivity contribution in [1.29, 1.82) is 5.53 Å².